The number of nitrogens with one attached hydrogen (secondary N) is 1. The number of hydrogen-bond donors (Lipinski definition) is 1. The maximum absolute atomic E-state index is 13.4. The van der Waals surface area contributed by atoms with E-state index in [0.29, 0.717) is 11.4 Å². The Labute approximate surface area is 230 Å². The van der Waals surface area contributed by atoms with E-state index in [2.05, 4.69) is 41.4 Å². The summed E-state index contributed by atoms with van der Waals surface area (Å²) in [6.07, 6.45) is 5.09. The van der Waals surface area contributed by atoms with Crippen LogP contribution in [0, 0.1) is 6.92 Å². The molecule has 6 heteroatoms. The van der Waals surface area contributed by atoms with Crippen LogP contribution in [0.15, 0.2) is 88.7 Å². The second-order valence-electron chi connectivity index (χ2n) is 9.70. The molecule has 0 spiro atoms. The number of hydrogen-bond acceptors (Lipinski definition) is 4. The number of carbonyl (C=O) groups is 2. The Morgan fingerprint density at radius 3 is 2.42 bits per heavy atom. The van der Waals surface area contributed by atoms with Crippen LogP contribution in [0.3, 0.4) is 0 Å². The maximum atomic E-state index is 13.4. The lowest BCUT2D eigenvalue weighted by Crippen LogP contribution is -2.43. The first-order chi connectivity index (χ1) is 18.5. The third kappa shape index (κ3) is 7.83. The zero-order valence-electron chi connectivity index (χ0n) is 22.4. The van der Waals surface area contributed by atoms with E-state index < -0.39 is 0 Å². The number of nitrogens with zero attached hydrogens (tertiary/aromatic N) is 2. The molecule has 4 rings (SSSR count). The SMILES string of the molecule is CCCCN(CCCNC(=O)CN1C(=O)C(=Cc2ccc(C)cc2)Sc2ccccc21)Cc1ccccc1. The van der Waals surface area contributed by atoms with Crippen LogP contribution in [-0.2, 0) is 16.1 Å². The van der Waals surface area contributed by atoms with E-state index in [1.165, 1.54) is 22.9 Å². The summed E-state index contributed by atoms with van der Waals surface area (Å²) in [6.45, 7) is 7.72. The molecule has 1 aliphatic rings. The molecule has 0 fully saturated rings. The molecule has 0 aromatic heterocycles. The van der Waals surface area contributed by atoms with Crippen LogP contribution < -0.4 is 10.2 Å². The van der Waals surface area contributed by atoms with Gasteiger partial charge in [0.05, 0.1) is 10.6 Å². The fourth-order valence-electron chi connectivity index (χ4n) is 4.46. The van der Waals surface area contributed by atoms with Gasteiger partial charge in [-0.05, 0) is 55.6 Å². The van der Waals surface area contributed by atoms with Crippen molar-refractivity contribution in [2.75, 3.05) is 31.1 Å². The van der Waals surface area contributed by atoms with Crippen molar-refractivity contribution in [1.29, 1.82) is 0 Å². The minimum atomic E-state index is -0.141. The molecule has 5 nitrogen and oxygen atoms in total. The fourth-order valence-corrected chi connectivity index (χ4v) is 5.52. The Balaban J connectivity index is 1.35. The molecule has 38 heavy (non-hydrogen) atoms. The van der Waals surface area contributed by atoms with Crippen LogP contribution in [0.1, 0.15) is 42.9 Å². The maximum Gasteiger partial charge on any atom is 0.265 e. The number of benzene rings is 3. The number of carbonyl (C=O) groups excluding carboxylic acids is 2. The lowest BCUT2D eigenvalue weighted by atomic mass is 10.1. The molecule has 198 valence electrons. The Kier molecular flexibility index (Phi) is 10.2. The second kappa shape index (κ2) is 14.0. The molecule has 2 amide bonds. The number of amides is 2. The van der Waals surface area contributed by atoms with Gasteiger partial charge in [-0.15, -0.1) is 0 Å². The molecule has 0 bridgehead atoms. The van der Waals surface area contributed by atoms with Crippen molar-refractivity contribution in [3.63, 3.8) is 0 Å². The molecule has 1 aliphatic heterocycles. The summed E-state index contributed by atoms with van der Waals surface area (Å²) < 4.78 is 0. The number of unbranched alkanes of at least 4 members (excludes halogenated alkanes) is 1. The highest BCUT2D eigenvalue weighted by Gasteiger charge is 2.30. The summed E-state index contributed by atoms with van der Waals surface area (Å²) in [5.41, 5.74) is 4.24. The van der Waals surface area contributed by atoms with Gasteiger partial charge in [-0.2, -0.15) is 0 Å². The summed E-state index contributed by atoms with van der Waals surface area (Å²) in [5.74, 6) is -0.282. The van der Waals surface area contributed by atoms with Crippen LogP contribution in [0.4, 0.5) is 5.69 Å². The predicted octanol–water partition coefficient (Wildman–Crippen LogP) is 6.28. The van der Waals surface area contributed by atoms with Gasteiger partial charge >= 0.3 is 0 Å². The van der Waals surface area contributed by atoms with E-state index in [-0.39, 0.29) is 18.4 Å². The quantitative estimate of drug-likeness (QED) is 0.222. The largest absolute Gasteiger partial charge is 0.355 e. The van der Waals surface area contributed by atoms with Gasteiger partial charge in [0.25, 0.3) is 5.91 Å². The van der Waals surface area contributed by atoms with Gasteiger partial charge < -0.3 is 5.32 Å². The van der Waals surface area contributed by atoms with Gasteiger partial charge in [0.1, 0.15) is 6.54 Å². The number of anilines is 1. The molecule has 0 aliphatic carbocycles. The van der Waals surface area contributed by atoms with E-state index >= 15 is 0 Å². The summed E-state index contributed by atoms with van der Waals surface area (Å²) >= 11 is 1.46. The van der Waals surface area contributed by atoms with Crippen LogP contribution in [-0.4, -0.2) is 42.9 Å². The number of aryl methyl sites for hydroxylation is 1. The second-order valence-corrected chi connectivity index (χ2v) is 10.8. The first-order valence-electron chi connectivity index (χ1n) is 13.4. The first-order valence-corrected chi connectivity index (χ1v) is 14.2. The van der Waals surface area contributed by atoms with Crippen molar-refractivity contribution in [3.05, 3.63) is 100 Å². The fraction of sp³-hybridized carbons (Fsp3) is 0.312. The highest BCUT2D eigenvalue weighted by Crippen LogP contribution is 2.41. The minimum absolute atomic E-state index is 0.00517. The normalized spacial score (nSPS) is 14.1. The van der Waals surface area contributed by atoms with Crippen molar-refractivity contribution in [3.8, 4) is 0 Å². The van der Waals surface area contributed by atoms with E-state index in [0.717, 1.165) is 55.0 Å². The molecule has 0 unspecified atom stereocenters. The molecule has 3 aromatic rings. The van der Waals surface area contributed by atoms with E-state index in [1.54, 1.807) is 4.90 Å². The smallest absolute Gasteiger partial charge is 0.265 e. The predicted molar refractivity (Wildman–Crippen MR) is 158 cm³/mol. The molecule has 0 saturated heterocycles. The third-order valence-electron chi connectivity index (χ3n) is 6.56. The van der Waals surface area contributed by atoms with E-state index in [1.807, 2.05) is 67.6 Å². The monoisotopic (exact) mass is 527 g/mol. The van der Waals surface area contributed by atoms with Crippen LogP contribution in [0.5, 0.6) is 0 Å². The summed E-state index contributed by atoms with van der Waals surface area (Å²) in [5, 5.41) is 3.04. The van der Waals surface area contributed by atoms with Crippen molar-refractivity contribution in [2.45, 2.75) is 44.6 Å². The molecule has 0 radical (unpaired) electrons. The summed E-state index contributed by atoms with van der Waals surface area (Å²) in [7, 11) is 0. The van der Waals surface area contributed by atoms with Crippen molar-refractivity contribution in [2.24, 2.45) is 0 Å². The Bertz CT molecular complexity index is 1240. The van der Waals surface area contributed by atoms with Crippen molar-refractivity contribution in [1.82, 2.24) is 10.2 Å². The Hall–Kier alpha value is -3.35. The van der Waals surface area contributed by atoms with Crippen LogP contribution in [0.2, 0.25) is 0 Å². The molecule has 0 atom stereocenters. The first kappa shape index (κ1) is 27.7. The zero-order valence-corrected chi connectivity index (χ0v) is 23.2. The lowest BCUT2D eigenvalue weighted by molar-refractivity contribution is -0.122. The number of thioether (sulfide) groups is 1. The minimum Gasteiger partial charge on any atom is -0.355 e. The molecular formula is C32H37N3O2S. The Morgan fingerprint density at radius 1 is 0.947 bits per heavy atom. The van der Waals surface area contributed by atoms with Gasteiger partial charge in [0.2, 0.25) is 5.91 Å². The van der Waals surface area contributed by atoms with Gasteiger partial charge in [-0.25, -0.2) is 0 Å². The Morgan fingerprint density at radius 2 is 1.66 bits per heavy atom. The lowest BCUT2D eigenvalue weighted by Gasteiger charge is -2.30. The molecule has 0 saturated carbocycles. The molecule has 1 heterocycles. The third-order valence-corrected chi connectivity index (χ3v) is 7.64. The van der Waals surface area contributed by atoms with E-state index in [4.69, 9.17) is 0 Å². The molecular weight excluding hydrogens is 490 g/mol. The summed E-state index contributed by atoms with van der Waals surface area (Å²) in [4.78, 5) is 32.0. The summed E-state index contributed by atoms with van der Waals surface area (Å²) in [6, 6.07) is 26.4. The number of fused-ring (bicyclic) bond motifs is 1. The van der Waals surface area contributed by atoms with Gasteiger partial charge in [-0.1, -0.05) is 97.4 Å². The standard InChI is InChI=1S/C32H37N3O2S/c1-3-4-20-34(23-27-11-6-5-7-12-27)21-10-19-33-31(36)24-35-28-13-8-9-14-29(28)38-30(32(35)37)22-26-17-15-25(2)16-18-26/h5-9,11-18,22H,3-4,10,19-21,23-24H2,1-2H3,(H,33,36). The van der Waals surface area contributed by atoms with E-state index in [9.17, 15) is 9.59 Å². The van der Waals surface area contributed by atoms with Gasteiger partial charge in [0.15, 0.2) is 0 Å². The van der Waals surface area contributed by atoms with Crippen molar-refractivity contribution < 1.29 is 9.59 Å². The van der Waals surface area contributed by atoms with Crippen molar-refractivity contribution >= 4 is 35.3 Å². The average Bonchev–Trinajstić information content (AvgIpc) is 2.93. The number of rotatable bonds is 12. The van der Waals surface area contributed by atoms with Crippen LogP contribution >= 0.6 is 11.8 Å². The molecule has 1 N–H and O–H groups in total. The topological polar surface area (TPSA) is 52.7 Å². The molecule has 3 aromatic carbocycles. The highest BCUT2D eigenvalue weighted by molar-refractivity contribution is 8.04. The average molecular weight is 528 g/mol. The van der Waals surface area contributed by atoms with Gasteiger partial charge in [0, 0.05) is 24.5 Å². The number of para-hydroxylation sites is 1. The van der Waals surface area contributed by atoms with Gasteiger partial charge in [-0.3, -0.25) is 19.4 Å². The zero-order chi connectivity index (χ0) is 26.7. The highest BCUT2D eigenvalue weighted by atomic mass is 32.2. The van der Waals surface area contributed by atoms with Crippen LogP contribution in [0.25, 0.3) is 6.08 Å².